The van der Waals surface area contributed by atoms with Crippen LogP contribution in [-0.4, -0.2) is 162 Å². The maximum absolute atomic E-state index is 13.6. The summed E-state index contributed by atoms with van der Waals surface area (Å²) >= 11 is 0. The minimum atomic E-state index is -1.64. The summed E-state index contributed by atoms with van der Waals surface area (Å²) in [5.41, 5.74) is 23.1. The normalized spacial score (nSPS) is 14.1. The van der Waals surface area contributed by atoms with Crippen molar-refractivity contribution in [1.82, 2.24) is 42.5 Å². The van der Waals surface area contributed by atoms with Gasteiger partial charge in [0.2, 0.25) is 47.3 Å². The van der Waals surface area contributed by atoms with Crippen molar-refractivity contribution in [3.8, 4) is 5.75 Å². The van der Waals surface area contributed by atoms with Gasteiger partial charge in [-0.05, 0) is 101 Å². The predicted octanol–water partition coefficient (Wildman–Crippen LogP) is -5.09. The van der Waals surface area contributed by atoms with Gasteiger partial charge in [0.1, 0.15) is 42.0 Å². The van der Waals surface area contributed by atoms with Crippen LogP contribution in [0.1, 0.15) is 83.6 Å². The van der Waals surface area contributed by atoms with Crippen LogP contribution in [0.3, 0.4) is 0 Å². The minimum Gasteiger partial charge on any atom is -0.508 e. The molecule has 0 bridgehead atoms. The van der Waals surface area contributed by atoms with Crippen molar-refractivity contribution >= 4 is 53.2 Å². The average Bonchev–Trinajstić information content (AvgIpc) is 3.30. The Bertz CT molecular complexity index is 1770. The number of amides is 8. The fourth-order valence-electron chi connectivity index (χ4n) is 6.49. The van der Waals surface area contributed by atoms with Crippen LogP contribution in [0.4, 0.5) is 0 Å². The van der Waals surface area contributed by atoms with Gasteiger partial charge in [-0.15, -0.1) is 0 Å². The second-order valence-corrected chi connectivity index (χ2v) is 16.6. The van der Waals surface area contributed by atoms with Crippen LogP contribution in [0.2, 0.25) is 0 Å². The molecule has 8 amide bonds. The minimum absolute atomic E-state index is 0.0491. The van der Waals surface area contributed by atoms with Crippen LogP contribution in [0.5, 0.6) is 5.75 Å². The van der Waals surface area contributed by atoms with E-state index in [9.17, 15) is 63.6 Å². The Morgan fingerprint density at radius 2 is 0.926 bits per heavy atom. The first-order chi connectivity index (χ1) is 32.3. The predicted molar refractivity (Wildman–Crippen MR) is 247 cm³/mol. The van der Waals surface area contributed by atoms with E-state index in [2.05, 4.69) is 42.5 Å². The van der Waals surface area contributed by atoms with Gasteiger partial charge in [0.25, 0.3) is 0 Å². The number of hydrogen-bond acceptors (Lipinski definition) is 16. The number of aromatic hydroxyl groups is 1. The topological polar surface area (TPSA) is 435 Å². The van der Waals surface area contributed by atoms with Crippen molar-refractivity contribution in [1.29, 1.82) is 0 Å². The van der Waals surface area contributed by atoms with Gasteiger partial charge in [-0.2, -0.15) is 0 Å². The lowest BCUT2D eigenvalue weighted by Crippen LogP contribution is -2.58. The van der Waals surface area contributed by atoms with E-state index in [0.717, 1.165) is 0 Å². The fraction of sp³-hybridized carbons (Fsp3) is 0.651. The number of aliphatic hydroxyl groups excluding tert-OH is 2. The van der Waals surface area contributed by atoms with E-state index in [1.165, 1.54) is 24.3 Å². The number of nitrogens with one attached hydrogen (secondary N) is 8. The highest BCUT2D eigenvalue weighted by Gasteiger charge is 2.31. The monoisotopic (exact) mass is 967 g/mol. The molecule has 0 saturated heterocycles. The summed E-state index contributed by atoms with van der Waals surface area (Å²) in [5.74, 6) is -8.36. The molecule has 0 radical (unpaired) electrons. The highest BCUT2D eigenvalue weighted by Crippen LogP contribution is 2.13. The molecule has 0 aromatic heterocycles. The second-order valence-electron chi connectivity index (χ2n) is 16.6. The number of benzene rings is 1. The lowest BCUT2D eigenvalue weighted by Gasteiger charge is -2.25. The number of carboxylic acid groups (broad SMARTS) is 1. The first-order valence-corrected chi connectivity index (χ1v) is 22.7. The highest BCUT2D eigenvalue weighted by molar-refractivity contribution is 5.96. The summed E-state index contributed by atoms with van der Waals surface area (Å²) in [4.78, 5) is 117. The van der Waals surface area contributed by atoms with Crippen molar-refractivity contribution in [2.75, 3.05) is 45.9 Å². The van der Waals surface area contributed by atoms with Gasteiger partial charge in [-0.25, -0.2) is 4.79 Å². The molecule has 7 atom stereocenters. The summed E-state index contributed by atoms with van der Waals surface area (Å²) in [5, 5.41) is 58.2. The van der Waals surface area contributed by atoms with Gasteiger partial charge in [-0.1, -0.05) is 32.4 Å². The lowest BCUT2D eigenvalue weighted by molar-refractivity contribution is -0.142. The Balaban J connectivity index is 2.95. The molecule has 384 valence electrons. The van der Waals surface area contributed by atoms with E-state index >= 15 is 0 Å². The average molecular weight is 967 g/mol. The molecule has 0 saturated carbocycles. The molecule has 0 aliphatic rings. The molecular formula is C43H74N12O13. The maximum atomic E-state index is 13.6. The number of nitrogens with two attached hydrogens (primary N) is 4. The number of carboxylic acids is 1. The van der Waals surface area contributed by atoms with Gasteiger partial charge < -0.3 is 85.9 Å². The Morgan fingerprint density at radius 3 is 1.41 bits per heavy atom. The van der Waals surface area contributed by atoms with Gasteiger partial charge in [0, 0.05) is 6.42 Å². The summed E-state index contributed by atoms with van der Waals surface area (Å²) < 4.78 is 0. The molecule has 25 heteroatoms. The largest absolute Gasteiger partial charge is 0.508 e. The third-order valence-corrected chi connectivity index (χ3v) is 10.3. The molecule has 0 heterocycles. The number of phenolic OH excluding ortho intramolecular Hbond substituents is 1. The van der Waals surface area contributed by atoms with Crippen molar-refractivity contribution in [2.45, 2.75) is 127 Å². The maximum Gasteiger partial charge on any atom is 0.326 e. The number of aliphatic carboxylic acids is 1. The number of carbonyl (C=O) groups is 9. The Hall–Kier alpha value is -5.99. The van der Waals surface area contributed by atoms with E-state index in [1.54, 1.807) is 0 Å². The Labute approximate surface area is 395 Å². The molecule has 0 unspecified atom stereocenters. The summed E-state index contributed by atoms with van der Waals surface area (Å²) in [7, 11) is 0. The molecule has 25 nitrogen and oxygen atoms in total. The van der Waals surface area contributed by atoms with Gasteiger partial charge in [-0.3, -0.25) is 38.4 Å². The molecular weight excluding hydrogens is 893 g/mol. The lowest BCUT2D eigenvalue weighted by atomic mass is 10.00. The van der Waals surface area contributed by atoms with Crippen LogP contribution < -0.4 is 65.5 Å². The summed E-state index contributed by atoms with van der Waals surface area (Å²) in [6.45, 7) is 1.22. The zero-order chi connectivity index (χ0) is 51.2. The zero-order valence-corrected chi connectivity index (χ0v) is 38.9. The molecule has 20 N–H and O–H groups in total. The number of carbonyl (C=O) groups excluding carboxylic acids is 8. The van der Waals surface area contributed by atoms with E-state index < -0.39 is 122 Å². The Kier molecular flexibility index (Phi) is 29.6. The summed E-state index contributed by atoms with van der Waals surface area (Å²) in [6, 6.07) is -3.33. The number of rotatable bonds is 35. The Morgan fingerprint density at radius 1 is 0.515 bits per heavy atom. The first-order valence-electron chi connectivity index (χ1n) is 22.7. The molecule has 68 heavy (non-hydrogen) atoms. The molecule has 0 aliphatic carbocycles. The molecule has 0 spiro atoms. The number of hydrogen-bond donors (Lipinski definition) is 16. The molecule has 1 aromatic rings. The molecule has 0 aliphatic heterocycles. The number of phenols is 1. The van der Waals surface area contributed by atoms with Gasteiger partial charge >= 0.3 is 5.97 Å². The van der Waals surface area contributed by atoms with Crippen molar-refractivity contribution < 1.29 is 63.6 Å². The molecule has 0 fully saturated rings. The van der Waals surface area contributed by atoms with E-state index in [0.29, 0.717) is 63.6 Å². The quantitative estimate of drug-likeness (QED) is 0.0283. The molecule has 1 rings (SSSR count). The van der Waals surface area contributed by atoms with Crippen LogP contribution in [-0.2, 0) is 49.6 Å². The summed E-state index contributed by atoms with van der Waals surface area (Å²) in [6.07, 6.45) is 3.59. The van der Waals surface area contributed by atoms with Crippen LogP contribution in [0.25, 0.3) is 0 Å². The fourth-order valence-corrected chi connectivity index (χ4v) is 6.49. The van der Waals surface area contributed by atoms with Crippen LogP contribution in [0, 0.1) is 5.92 Å². The van der Waals surface area contributed by atoms with Crippen LogP contribution >= 0.6 is 0 Å². The van der Waals surface area contributed by atoms with Crippen LogP contribution in [0.15, 0.2) is 24.3 Å². The highest BCUT2D eigenvalue weighted by atomic mass is 16.4. The van der Waals surface area contributed by atoms with E-state index in [1.807, 2.05) is 13.8 Å². The SMILES string of the molecule is CC(C)C[C@H](NC(=O)[C@@H](N)CCCCN)C(=O)N[C@@H](Cc1ccc(O)cc1)C(=O)NCC(=O)N[C@@H](CO)C(=O)NCC(=O)N[C@@H](CO)C(=O)N[C@@H](CCCCN)C(=O)N[C@@H](CCCCN)C(=O)O. The van der Waals surface area contributed by atoms with Gasteiger partial charge in [0.15, 0.2) is 0 Å². The van der Waals surface area contributed by atoms with Gasteiger partial charge in [0.05, 0.1) is 32.3 Å². The molecule has 1 aromatic carbocycles. The van der Waals surface area contributed by atoms with E-state index in [-0.39, 0.29) is 43.9 Å². The second kappa shape index (κ2) is 33.5. The zero-order valence-electron chi connectivity index (χ0n) is 38.9. The number of aliphatic hydroxyl groups is 2. The van der Waals surface area contributed by atoms with Crippen molar-refractivity contribution in [3.05, 3.63) is 29.8 Å². The third-order valence-electron chi connectivity index (χ3n) is 10.3. The third kappa shape index (κ3) is 24.2. The van der Waals surface area contributed by atoms with E-state index in [4.69, 9.17) is 22.9 Å². The number of unbranched alkanes of at least 4 members (excludes halogenated alkanes) is 3. The standard InChI is InChI=1S/C43H74N12O13/c1-25(2)19-31(54-37(61)28(47)9-3-6-16-44)41(65)55-32(20-26-12-14-27(58)15-13-26)38(62)48-21-35(59)50-33(23-56)39(63)49-22-36(60)51-34(24-57)42(66)52-29(10-4-7-17-45)40(64)53-30(43(67)68)11-5-8-18-46/h12-15,25,28-34,56-58H,3-11,16-24,44-47H2,1-2H3,(H,48,62)(H,49,63)(H,50,59)(H,51,60)(H,52,66)(H,53,64)(H,54,61)(H,55,65)(H,67,68)/t28-,29-,30-,31-,32-,33-,34-/m0/s1. The van der Waals surface area contributed by atoms with Crippen molar-refractivity contribution in [2.24, 2.45) is 28.9 Å². The van der Waals surface area contributed by atoms with Crippen molar-refractivity contribution in [3.63, 3.8) is 0 Å². The smallest absolute Gasteiger partial charge is 0.326 e. The first kappa shape index (κ1) is 60.0.